The summed E-state index contributed by atoms with van der Waals surface area (Å²) in [6.45, 7) is 9.50. The second-order valence-electron chi connectivity index (χ2n) is 6.29. The van der Waals surface area contributed by atoms with Crippen LogP contribution in [0, 0.1) is 6.92 Å². The minimum Gasteiger partial charge on any atom is -0.370 e. The predicted molar refractivity (Wildman–Crippen MR) is 113 cm³/mol. The van der Waals surface area contributed by atoms with E-state index >= 15 is 0 Å². The van der Waals surface area contributed by atoms with Crippen molar-refractivity contribution >= 4 is 21.6 Å². The van der Waals surface area contributed by atoms with Gasteiger partial charge in [-0.25, -0.2) is 13.1 Å². The lowest BCUT2D eigenvalue weighted by Gasteiger charge is -2.25. The molecule has 1 amide bonds. The van der Waals surface area contributed by atoms with Crippen LogP contribution in [0.3, 0.4) is 0 Å². The molecule has 0 aliphatic carbocycles. The number of para-hydroxylation sites is 1. The van der Waals surface area contributed by atoms with E-state index in [1.54, 1.807) is 18.2 Å². The second kappa shape index (κ2) is 10.1. The second-order valence-corrected chi connectivity index (χ2v) is 8.06. The molecule has 2 rings (SSSR count). The standard InChI is InChI=1S/C21H27N3O3S/c1-4-13-22-21(25)18-10-8-11-19(16-18)28(26,27)23-14-15-24(5-2)20-12-7-6-9-17(20)3/h4,6-12,16,23H,1,5,13-15H2,2-3H3,(H,22,25). The molecule has 28 heavy (non-hydrogen) atoms. The third kappa shape index (κ3) is 5.68. The van der Waals surface area contributed by atoms with Gasteiger partial charge in [-0.1, -0.05) is 30.3 Å². The molecule has 0 saturated carbocycles. The molecule has 7 heteroatoms. The van der Waals surface area contributed by atoms with Crippen LogP contribution in [0.2, 0.25) is 0 Å². The largest absolute Gasteiger partial charge is 0.370 e. The van der Waals surface area contributed by atoms with Gasteiger partial charge in [0.1, 0.15) is 0 Å². The fraction of sp³-hybridized carbons (Fsp3) is 0.286. The van der Waals surface area contributed by atoms with E-state index in [9.17, 15) is 13.2 Å². The van der Waals surface area contributed by atoms with Gasteiger partial charge in [-0.15, -0.1) is 6.58 Å². The normalized spacial score (nSPS) is 11.1. The SMILES string of the molecule is C=CCNC(=O)c1cccc(S(=O)(=O)NCCN(CC)c2ccccc2C)c1. The molecule has 6 nitrogen and oxygen atoms in total. The zero-order chi connectivity index (χ0) is 20.6. The van der Waals surface area contributed by atoms with Crippen molar-refractivity contribution in [3.63, 3.8) is 0 Å². The lowest BCUT2D eigenvalue weighted by atomic mass is 10.2. The van der Waals surface area contributed by atoms with Gasteiger partial charge in [-0.3, -0.25) is 4.79 Å². The number of nitrogens with one attached hydrogen (secondary N) is 2. The number of nitrogens with zero attached hydrogens (tertiary/aromatic N) is 1. The summed E-state index contributed by atoms with van der Waals surface area (Å²) in [5, 5.41) is 2.64. The number of rotatable bonds is 10. The average molecular weight is 402 g/mol. The molecule has 0 unspecified atom stereocenters. The fourth-order valence-corrected chi connectivity index (χ4v) is 3.90. The van der Waals surface area contributed by atoms with Gasteiger partial charge in [0.2, 0.25) is 10.0 Å². The quantitative estimate of drug-likeness (QED) is 0.600. The first-order valence-corrected chi connectivity index (χ1v) is 10.7. The molecule has 0 aliphatic heterocycles. The Morgan fingerprint density at radius 1 is 1.18 bits per heavy atom. The molecule has 0 saturated heterocycles. The Kier molecular flexibility index (Phi) is 7.78. The summed E-state index contributed by atoms with van der Waals surface area (Å²) in [6.07, 6.45) is 1.56. The molecule has 0 aromatic heterocycles. The summed E-state index contributed by atoms with van der Waals surface area (Å²) in [5.74, 6) is -0.339. The van der Waals surface area contributed by atoms with E-state index in [0.29, 0.717) is 18.7 Å². The summed E-state index contributed by atoms with van der Waals surface area (Å²) < 4.78 is 27.9. The molecule has 2 aromatic rings. The zero-order valence-corrected chi connectivity index (χ0v) is 17.1. The highest BCUT2D eigenvalue weighted by atomic mass is 32.2. The highest BCUT2D eigenvalue weighted by Crippen LogP contribution is 2.18. The van der Waals surface area contributed by atoms with Crippen LogP contribution in [0.5, 0.6) is 0 Å². The molecule has 2 aromatic carbocycles. The summed E-state index contributed by atoms with van der Waals surface area (Å²) in [4.78, 5) is 14.2. The van der Waals surface area contributed by atoms with Crippen molar-refractivity contribution < 1.29 is 13.2 Å². The molecular weight excluding hydrogens is 374 g/mol. The van der Waals surface area contributed by atoms with Crippen LogP contribution in [0.15, 0.2) is 66.1 Å². The molecule has 2 N–H and O–H groups in total. The number of anilines is 1. The molecule has 0 atom stereocenters. The Hall–Kier alpha value is -2.64. The third-order valence-electron chi connectivity index (χ3n) is 4.33. The Labute approximate surface area is 167 Å². The van der Waals surface area contributed by atoms with Gasteiger partial charge in [0.05, 0.1) is 4.90 Å². The maximum atomic E-state index is 12.6. The minimum atomic E-state index is -3.71. The van der Waals surface area contributed by atoms with Gasteiger partial charge in [0, 0.05) is 37.4 Å². The van der Waals surface area contributed by atoms with Crippen molar-refractivity contribution in [2.75, 3.05) is 31.1 Å². The summed E-state index contributed by atoms with van der Waals surface area (Å²) in [6, 6.07) is 14.0. The third-order valence-corrected chi connectivity index (χ3v) is 5.78. The number of aryl methyl sites for hydroxylation is 1. The summed E-state index contributed by atoms with van der Waals surface area (Å²) >= 11 is 0. The molecule has 0 radical (unpaired) electrons. The minimum absolute atomic E-state index is 0.0673. The van der Waals surface area contributed by atoms with Crippen molar-refractivity contribution in [2.45, 2.75) is 18.7 Å². The van der Waals surface area contributed by atoms with E-state index in [2.05, 4.69) is 21.5 Å². The first-order valence-electron chi connectivity index (χ1n) is 9.18. The van der Waals surface area contributed by atoms with Gasteiger partial charge in [0.25, 0.3) is 5.91 Å². The zero-order valence-electron chi connectivity index (χ0n) is 16.3. The van der Waals surface area contributed by atoms with Crippen molar-refractivity contribution in [1.82, 2.24) is 10.0 Å². The lowest BCUT2D eigenvalue weighted by Crippen LogP contribution is -2.35. The molecule has 0 aliphatic rings. The van der Waals surface area contributed by atoms with Crippen molar-refractivity contribution in [1.29, 1.82) is 0 Å². The van der Waals surface area contributed by atoms with Crippen LogP contribution in [-0.2, 0) is 10.0 Å². The lowest BCUT2D eigenvalue weighted by molar-refractivity contribution is 0.0958. The van der Waals surface area contributed by atoms with E-state index in [1.807, 2.05) is 38.1 Å². The van der Waals surface area contributed by atoms with E-state index in [-0.39, 0.29) is 17.3 Å². The monoisotopic (exact) mass is 401 g/mol. The Bertz CT molecular complexity index is 926. The van der Waals surface area contributed by atoms with Crippen molar-refractivity contribution in [2.24, 2.45) is 0 Å². The number of amides is 1. The molecule has 150 valence electrons. The Balaban J connectivity index is 2.04. The summed E-state index contributed by atoms with van der Waals surface area (Å²) in [7, 11) is -3.71. The first kappa shape index (κ1) is 21.7. The topological polar surface area (TPSA) is 78.5 Å². The highest BCUT2D eigenvalue weighted by Gasteiger charge is 2.16. The van der Waals surface area contributed by atoms with Crippen LogP contribution >= 0.6 is 0 Å². The Morgan fingerprint density at radius 3 is 2.61 bits per heavy atom. The smallest absolute Gasteiger partial charge is 0.251 e. The summed E-state index contributed by atoms with van der Waals surface area (Å²) in [5.41, 5.74) is 2.52. The van der Waals surface area contributed by atoms with E-state index in [1.165, 1.54) is 12.1 Å². The van der Waals surface area contributed by atoms with Gasteiger partial charge in [-0.2, -0.15) is 0 Å². The fourth-order valence-electron chi connectivity index (χ4n) is 2.84. The van der Waals surface area contributed by atoms with E-state index in [4.69, 9.17) is 0 Å². The van der Waals surface area contributed by atoms with E-state index < -0.39 is 10.0 Å². The molecule has 0 heterocycles. The van der Waals surface area contributed by atoms with Crippen LogP contribution in [-0.4, -0.2) is 40.5 Å². The number of likely N-dealkylation sites (N-methyl/N-ethyl adjacent to an activating group) is 1. The van der Waals surface area contributed by atoms with E-state index in [0.717, 1.165) is 17.8 Å². The van der Waals surface area contributed by atoms with Gasteiger partial charge in [0.15, 0.2) is 0 Å². The average Bonchev–Trinajstić information content (AvgIpc) is 2.70. The van der Waals surface area contributed by atoms with Crippen LogP contribution in [0.4, 0.5) is 5.69 Å². The maximum Gasteiger partial charge on any atom is 0.251 e. The number of sulfonamides is 1. The van der Waals surface area contributed by atoms with Gasteiger partial charge < -0.3 is 10.2 Å². The van der Waals surface area contributed by atoms with Crippen LogP contribution in [0.25, 0.3) is 0 Å². The number of hydrogen-bond acceptors (Lipinski definition) is 4. The van der Waals surface area contributed by atoms with Crippen LogP contribution in [0.1, 0.15) is 22.8 Å². The van der Waals surface area contributed by atoms with Crippen molar-refractivity contribution in [3.8, 4) is 0 Å². The molecular formula is C21H27N3O3S. The predicted octanol–water partition coefficient (Wildman–Crippen LogP) is 2.72. The molecule has 0 fully saturated rings. The molecule has 0 spiro atoms. The Morgan fingerprint density at radius 2 is 1.93 bits per heavy atom. The number of carbonyl (C=O) groups excluding carboxylic acids is 1. The first-order chi connectivity index (χ1) is 13.4. The highest BCUT2D eigenvalue weighted by molar-refractivity contribution is 7.89. The number of hydrogen-bond donors (Lipinski definition) is 2. The molecule has 0 bridgehead atoms. The van der Waals surface area contributed by atoms with Gasteiger partial charge >= 0.3 is 0 Å². The maximum absolute atomic E-state index is 12.6. The number of benzene rings is 2. The van der Waals surface area contributed by atoms with Crippen molar-refractivity contribution in [3.05, 3.63) is 72.3 Å². The van der Waals surface area contributed by atoms with Gasteiger partial charge in [-0.05, 0) is 43.7 Å². The number of carbonyl (C=O) groups is 1. The van der Waals surface area contributed by atoms with Crippen LogP contribution < -0.4 is 14.9 Å².